The minimum Gasteiger partial charge on any atom is -0.291 e. The molecule has 2 heterocycles. The number of rotatable bonds is 1. The summed E-state index contributed by atoms with van der Waals surface area (Å²) in [6.45, 7) is 1.49. The zero-order valence-electron chi connectivity index (χ0n) is 8.71. The highest BCUT2D eigenvalue weighted by atomic mass is 16.1. The first-order valence-electron chi connectivity index (χ1n) is 5.01. The van der Waals surface area contributed by atoms with Crippen LogP contribution >= 0.6 is 0 Å². The minimum absolute atomic E-state index is 0.0808. The predicted octanol–water partition coefficient (Wildman–Crippen LogP) is 2.09. The van der Waals surface area contributed by atoms with Crippen LogP contribution < -0.4 is 0 Å². The number of hydrogen-bond donors (Lipinski definition) is 0. The highest BCUT2D eigenvalue weighted by molar-refractivity contribution is 5.97. The third-order valence-electron chi connectivity index (χ3n) is 2.62. The van der Waals surface area contributed by atoms with Gasteiger partial charge in [0, 0.05) is 18.5 Å². The normalized spacial score (nSPS) is 11.1. The van der Waals surface area contributed by atoms with Crippen molar-refractivity contribution in [1.29, 1.82) is 0 Å². The number of aromatic nitrogens is 3. The van der Waals surface area contributed by atoms with Crippen LogP contribution in [0, 0.1) is 0 Å². The lowest BCUT2D eigenvalue weighted by atomic mass is 10.2. The van der Waals surface area contributed by atoms with Crippen molar-refractivity contribution in [3.8, 4) is 0 Å². The fourth-order valence-electron chi connectivity index (χ4n) is 1.86. The maximum absolute atomic E-state index is 11.3. The molecule has 0 bridgehead atoms. The zero-order chi connectivity index (χ0) is 11.1. The van der Waals surface area contributed by atoms with Crippen molar-refractivity contribution in [3.05, 3.63) is 42.4 Å². The number of Topliss-reactive ketones (excluding diaryl/α,β-unsaturated/α-hetero) is 1. The summed E-state index contributed by atoms with van der Waals surface area (Å²) in [5.74, 6) is 0.295. The maximum atomic E-state index is 11.3. The van der Waals surface area contributed by atoms with Crippen LogP contribution in [-0.4, -0.2) is 20.4 Å². The second-order valence-corrected chi connectivity index (χ2v) is 3.68. The molecule has 0 fully saturated rings. The van der Waals surface area contributed by atoms with E-state index in [9.17, 15) is 4.79 Å². The molecule has 0 saturated carbocycles. The van der Waals surface area contributed by atoms with Crippen LogP contribution in [-0.2, 0) is 0 Å². The summed E-state index contributed by atoms with van der Waals surface area (Å²) in [5, 5.41) is 10.1. The van der Waals surface area contributed by atoms with Crippen molar-refractivity contribution in [2.75, 3.05) is 0 Å². The van der Waals surface area contributed by atoms with Gasteiger partial charge in [-0.05, 0) is 11.5 Å². The molecule has 0 unspecified atom stereocenters. The Morgan fingerprint density at radius 2 is 2.00 bits per heavy atom. The van der Waals surface area contributed by atoms with Gasteiger partial charge in [-0.15, -0.1) is 10.2 Å². The van der Waals surface area contributed by atoms with Crippen LogP contribution in [0.15, 0.2) is 36.5 Å². The molecule has 3 aromatic rings. The van der Waals surface area contributed by atoms with Crippen LogP contribution in [0.25, 0.3) is 16.4 Å². The van der Waals surface area contributed by atoms with E-state index in [1.807, 2.05) is 36.5 Å². The molecule has 4 heteroatoms. The van der Waals surface area contributed by atoms with Crippen LogP contribution in [0.2, 0.25) is 0 Å². The summed E-state index contributed by atoms with van der Waals surface area (Å²) in [5.41, 5.74) is 0.725. The Hall–Kier alpha value is -2.23. The van der Waals surface area contributed by atoms with E-state index in [0.717, 1.165) is 16.4 Å². The third kappa shape index (κ3) is 1.13. The molecule has 0 radical (unpaired) electrons. The van der Waals surface area contributed by atoms with E-state index in [2.05, 4.69) is 10.2 Å². The first-order valence-corrected chi connectivity index (χ1v) is 5.01. The van der Waals surface area contributed by atoms with Crippen LogP contribution in [0.4, 0.5) is 0 Å². The molecule has 78 valence electrons. The SMILES string of the molecule is CC(=O)c1nnc2c3ccccc3ccn12. The van der Waals surface area contributed by atoms with Crippen LogP contribution in [0.5, 0.6) is 0 Å². The van der Waals surface area contributed by atoms with Gasteiger partial charge in [0.1, 0.15) is 0 Å². The highest BCUT2D eigenvalue weighted by Gasteiger charge is 2.11. The molecule has 1 aromatic carbocycles. The molecule has 0 aliphatic carbocycles. The minimum atomic E-state index is -0.0808. The van der Waals surface area contributed by atoms with Crippen LogP contribution in [0.1, 0.15) is 17.5 Å². The van der Waals surface area contributed by atoms with E-state index >= 15 is 0 Å². The molecule has 0 aliphatic heterocycles. The molecule has 0 spiro atoms. The zero-order valence-corrected chi connectivity index (χ0v) is 8.71. The first-order chi connectivity index (χ1) is 7.77. The van der Waals surface area contributed by atoms with E-state index in [1.165, 1.54) is 6.92 Å². The molecular weight excluding hydrogens is 202 g/mol. The van der Waals surface area contributed by atoms with Crippen molar-refractivity contribution in [1.82, 2.24) is 14.6 Å². The van der Waals surface area contributed by atoms with E-state index in [0.29, 0.717) is 5.82 Å². The van der Waals surface area contributed by atoms with Crippen molar-refractivity contribution in [2.24, 2.45) is 0 Å². The average molecular weight is 211 g/mol. The smallest absolute Gasteiger partial charge is 0.204 e. The quantitative estimate of drug-likeness (QED) is 0.579. The molecule has 0 aliphatic rings. The lowest BCUT2D eigenvalue weighted by Gasteiger charge is -1.99. The lowest BCUT2D eigenvalue weighted by molar-refractivity contribution is 0.100. The molecular formula is C12H9N3O. The number of fused-ring (bicyclic) bond motifs is 3. The fraction of sp³-hybridized carbons (Fsp3) is 0.0833. The number of carbonyl (C=O) groups is 1. The highest BCUT2D eigenvalue weighted by Crippen LogP contribution is 2.18. The topological polar surface area (TPSA) is 47.3 Å². The molecule has 4 nitrogen and oxygen atoms in total. The Kier molecular flexibility index (Phi) is 1.77. The van der Waals surface area contributed by atoms with Crippen molar-refractivity contribution < 1.29 is 4.79 Å². The van der Waals surface area contributed by atoms with E-state index < -0.39 is 0 Å². The molecule has 0 saturated heterocycles. The van der Waals surface area contributed by atoms with Gasteiger partial charge >= 0.3 is 0 Å². The molecule has 0 N–H and O–H groups in total. The van der Waals surface area contributed by atoms with Crippen molar-refractivity contribution >= 4 is 22.2 Å². The van der Waals surface area contributed by atoms with Crippen molar-refractivity contribution in [3.63, 3.8) is 0 Å². The van der Waals surface area contributed by atoms with Gasteiger partial charge in [-0.3, -0.25) is 9.20 Å². The van der Waals surface area contributed by atoms with Gasteiger partial charge in [0.25, 0.3) is 0 Å². The Bertz CT molecular complexity index is 700. The van der Waals surface area contributed by atoms with E-state index in [1.54, 1.807) is 4.40 Å². The average Bonchev–Trinajstić information content (AvgIpc) is 2.73. The van der Waals surface area contributed by atoms with Gasteiger partial charge in [-0.25, -0.2) is 0 Å². The Morgan fingerprint density at radius 1 is 1.19 bits per heavy atom. The van der Waals surface area contributed by atoms with Gasteiger partial charge < -0.3 is 0 Å². The summed E-state index contributed by atoms with van der Waals surface area (Å²) < 4.78 is 1.73. The van der Waals surface area contributed by atoms with Gasteiger partial charge in [0.05, 0.1) is 0 Å². The number of pyridine rings is 1. The number of nitrogens with zero attached hydrogens (tertiary/aromatic N) is 3. The summed E-state index contributed by atoms with van der Waals surface area (Å²) >= 11 is 0. The second kappa shape index (κ2) is 3.13. The molecule has 2 aromatic heterocycles. The first kappa shape index (κ1) is 9.03. The largest absolute Gasteiger partial charge is 0.291 e. The lowest BCUT2D eigenvalue weighted by Crippen LogP contribution is -2.00. The van der Waals surface area contributed by atoms with Gasteiger partial charge in [0.2, 0.25) is 5.82 Å². The number of carbonyl (C=O) groups excluding carboxylic acids is 1. The monoisotopic (exact) mass is 211 g/mol. The van der Waals surface area contributed by atoms with Gasteiger partial charge in [0.15, 0.2) is 11.4 Å². The predicted molar refractivity (Wildman–Crippen MR) is 60.5 cm³/mol. The van der Waals surface area contributed by atoms with Crippen molar-refractivity contribution in [2.45, 2.75) is 6.92 Å². The maximum Gasteiger partial charge on any atom is 0.204 e. The van der Waals surface area contributed by atoms with E-state index in [4.69, 9.17) is 0 Å². The molecule has 0 amide bonds. The van der Waals surface area contributed by atoms with Crippen LogP contribution in [0.3, 0.4) is 0 Å². The fourth-order valence-corrected chi connectivity index (χ4v) is 1.86. The van der Waals surface area contributed by atoms with Gasteiger partial charge in [-0.2, -0.15) is 0 Å². The third-order valence-corrected chi connectivity index (χ3v) is 2.62. The summed E-state index contributed by atoms with van der Waals surface area (Å²) in [4.78, 5) is 11.3. The Morgan fingerprint density at radius 3 is 2.81 bits per heavy atom. The van der Waals surface area contributed by atoms with Gasteiger partial charge in [-0.1, -0.05) is 24.3 Å². The summed E-state index contributed by atoms with van der Waals surface area (Å²) in [6, 6.07) is 9.87. The number of ketones is 1. The molecule has 3 rings (SSSR count). The standard InChI is InChI=1S/C12H9N3O/c1-8(16)11-13-14-12-10-5-3-2-4-9(10)6-7-15(11)12/h2-7H,1H3. The Labute approximate surface area is 91.5 Å². The summed E-state index contributed by atoms with van der Waals surface area (Å²) in [6.07, 6.45) is 1.83. The number of benzene rings is 1. The summed E-state index contributed by atoms with van der Waals surface area (Å²) in [7, 11) is 0. The number of hydrogen-bond acceptors (Lipinski definition) is 3. The second-order valence-electron chi connectivity index (χ2n) is 3.68. The molecule has 16 heavy (non-hydrogen) atoms. The Balaban J connectivity index is 2.49. The van der Waals surface area contributed by atoms with E-state index in [-0.39, 0.29) is 5.78 Å². The molecule has 0 atom stereocenters.